The lowest BCUT2D eigenvalue weighted by Crippen LogP contribution is -2.05. The Morgan fingerprint density at radius 3 is 2.76 bits per heavy atom. The molecule has 1 aliphatic rings. The van der Waals surface area contributed by atoms with Gasteiger partial charge in [-0.1, -0.05) is 12.1 Å². The number of benzene rings is 2. The fraction of sp³-hybridized carbons (Fsp3) is 0.158. The van der Waals surface area contributed by atoms with E-state index in [0.29, 0.717) is 29.2 Å². The van der Waals surface area contributed by atoms with Gasteiger partial charge in [0.25, 0.3) is 0 Å². The molecule has 0 saturated carbocycles. The van der Waals surface area contributed by atoms with E-state index in [0.717, 1.165) is 0 Å². The third-order valence-corrected chi connectivity index (χ3v) is 3.48. The third kappa shape index (κ3) is 3.68. The van der Waals surface area contributed by atoms with Crippen LogP contribution in [0, 0.1) is 5.82 Å². The zero-order valence-corrected chi connectivity index (χ0v) is 13.8. The number of nitrogens with zero attached hydrogens (tertiary/aromatic N) is 1. The molecule has 2 aromatic rings. The Kier molecular flexibility index (Phi) is 4.79. The summed E-state index contributed by atoms with van der Waals surface area (Å²) in [5, 5.41) is 0. The molecule has 0 bridgehead atoms. The van der Waals surface area contributed by atoms with Crippen LogP contribution >= 0.6 is 0 Å². The molecule has 1 aliphatic heterocycles. The number of cyclic esters (lactones) is 1. The number of carbonyl (C=O) groups is 1. The van der Waals surface area contributed by atoms with Gasteiger partial charge in [0, 0.05) is 5.56 Å². The number of esters is 1. The minimum Gasteiger partial charge on any atom is -0.493 e. The molecule has 0 N–H and O–H groups in total. The first-order valence-corrected chi connectivity index (χ1v) is 7.70. The second-order valence-corrected chi connectivity index (χ2v) is 5.19. The quantitative estimate of drug-likeness (QED) is 0.616. The van der Waals surface area contributed by atoms with Crippen LogP contribution in [0.5, 0.6) is 11.5 Å². The summed E-state index contributed by atoms with van der Waals surface area (Å²) in [6.45, 7) is 2.40. The average molecular weight is 341 g/mol. The van der Waals surface area contributed by atoms with Crippen LogP contribution in [-0.2, 0) is 9.53 Å². The second kappa shape index (κ2) is 7.17. The molecular weight excluding hydrogens is 325 g/mol. The van der Waals surface area contributed by atoms with Crippen LogP contribution in [0.25, 0.3) is 6.08 Å². The van der Waals surface area contributed by atoms with Gasteiger partial charge in [0.1, 0.15) is 5.82 Å². The zero-order valence-electron chi connectivity index (χ0n) is 13.8. The first-order valence-electron chi connectivity index (χ1n) is 7.70. The van der Waals surface area contributed by atoms with Crippen LogP contribution in [-0.4, -0.2) is 25.6 Å². The summed E-state index contributed by atoms with van der Waals surface area (Å²) in [5.41, 5.74) is 1.24. The van der Waals surface area contributed by atoms with Crippen molar-refractivity contribution < 1.29 is 23.4 Å². The predicted octanol–water partition coefficient (Wildman–Crippen LogP) is 3.58. The minimum atomic E-state index is -0.591. The van der Waals surface area contributed by atoms with E-state index in [1.165, 1.54) is 18.2 Å². The third-order valence-electron chi connectivity index (χ3n) is 3.48. The number of hydrogen-bond donors (Lipinski definition) is 0. The van der Waals surface area contributed by atoms with Gasteiger partial charge in [-0.25, -0.2) is 14.2 Å². The lowest BCUT2D eigenvalue weighted by molar-refractivity contribution is -0.129. The molecule has 0 amide bonds. The molecule has 5 nitrogen and oxygen atoms in total. The van der Waals surface area contributed by atoms with Crippen LogP contribution in [0.15, 0.2) is 53.2 Å². The van der Waals surface area contributed by atoms with Crippen LogP contribution < -0.4 is 9.47 Å². The molecule has 0 unspecified atom stereocenters. The number of carbonyl (C=O) groups excluding carboxylic acids is 1. The Balaban J connectivity index is 1.91. The number of halogens is 1. The molecule has 3 rings (SSSR count). The van der Waals surface area contributed by atoms with Crippen molar-refractivity contribution in [1.29, 1.82) is 0 Å². The van der Waals surface area contributed by atoms with Crippen molar-refractivity contribution in [3.8, 4) is 11.5 Å². The van der Waals surface area contributed by atoms with Gasteiger partial charge in [-0.15, -0.1) is 0 Å². The molecule has 0 fully saturated rings. The van der Waals surface area contributed by atoms with Crippen molar-refractivity contribution in [1.82, 2.24) is 0 Å². The highest BCUT2D eigenvalue weighted by molar-refractivity contribution is 6.12. The highest BCUT2D eigenvalue weighted by atomic mass is 19.1. The largest absolute Gasteiger partial charge is 0.493 e. The SMILES string of the molecule is CCOc1ccc(C=C2N=C(c3cccc(F)c3)OC2=O)cc1OC. The summed E-state index contributed by atoms with van der Waals surface area (Å²) in [4.78, 5) is 16.2. The lowest BCUT2D eigenvalue weighted by atomic mass is 10.1. The van der Waals surface area contributed by atoms with Gasteiger partial charge in [-0.3, -0.25) is 0 Å². The predicted molar refractivity (Wildman–Crippen MR) is 91.2 cm³/mol. The van der Waals surface area contributed by atoms with Crippen molar-refractivity contribution in [2.24, 2.45) is 4.99 Å². The molecule has 0 radical (unpaired) electrons. The standard InChI is InChI=1S/C19H16FNO4/c1-3-24-16-8-7-12(10-17(16)23-2)9-15-19(22)25-18(21-15)13-5-4-6-14(20)11-13/h4-11H,3H2,1-2H3. The summed E-state index contributed by atoms with van der Waals surface area (Å²) in [6, 6.07) is 11.0. The molecular formula is C19H16FNO4. The first-order chi connectivity index (χ1) is 12.1. The van der Waals surface area contributed by atoms with E-state index < -0.39 is 11.8 Å². The number of aliphatic imine (C=N–C) groups is 1. The summed E-state index contributed by atoms with van der Waals surface area (Å²) in [7, 11) is 1.54. The Labute approximate surface area is 144 Å². The molecule has 128 valence electrons. The molecule has 0 atom stereocenters. The van der Waals surface area contributed by atoms with Crippen LogP contribution in [0.1, 0.15) is 18.1 Å². The fourth-order valence-corrected chi connectivity index (χ4v) is 2.36. The van der Waals surface area contributed by atoms with Gasteiger partial charge < -0.3 is 14.2 Å². The summed E-state index contributed by atoms with van der Waals surface area (Å²) in [5.74, 6) is 0.229. The molecule has 0 aliphatic carbocycles. The molecule has 0 saturated heterocycles. The van der Waals surface area contributed by atoms with Crippen LogP contribution in [0.4, 0.5) is 4.39 Å². The van der Waals surface area contributed by atoms with Gasteiger partial charge in [-0.05, 0) is 48.9 Å². The van der Waals surface area contributed by atoms with Crippen molar-refractivity contribution in [3.63, 3.8) is 0 Å². The zero-order chi connectivity index (χ0) is 17.8. The summed E-state index contributed by atoms with van der Waals surface area (Å²) >= 11 is 0. The van der Waals surface area contributed by atoms with Gasteiger partial charge in [-0.2, -0.15) is 0 Å². The highest BCUT2D eigenvalue weighted by Crippen LogP contribution is 2.29. The average Bonchev–Trinajstić information content (AvgIpc) is 2.97. The summed E-state index contributed by atoms with van der Waals surface area (Å²) < 4.78 is 29.2. The smallest absolute Gasteiger partial charge is 0.363 e. The van der Waals surface area contributed by atoms with E-state index in [2.05, 4.69) is 4.99 Å². The Bertz CT molecular complexity index is 873. The van der Waals surface area contributed by atoms with Crippen molar-refractivity contribution in [2.75, 3.05) is 13.7 Å². The Hall–Kier alpha value is -3.15. The maximum absolute atomic E-state index is 13.3. The molecule has 6 heteroatoms. The molecule has 2 aromatic carbocycles. The van der Waals surface area contributed by atoms with Crippen LogP contribution in [0.3, 0.4) is 0 Å². The molecule has 25 heavy (non-hydrogen) atoms. The topological polar surface area (TPSA) is 57.1 Å². The van der Waals surface area contributed by atoms with E-state index in [4.69, 9.17) is 14.2 Å². The van der Waals surface area contributed by atoms with E-state index in [1.54, 1.807) is 37.5 Å². The fourth-order valence-electron chi connectivity index (χ4n) is 2.36. The first kappa shape index (κ1) is 16.7. The van der Waals surface area contributed by atoms with Crippen molar-refractivity contribution in [2.45, 2.75) is 6.92 Å². The van der Waals surface area contributed by atoms with Crippen molar-refractivity contribution >= 4 is 17.9 Å². The van der Waals surface area contributed by atoms with E-state index >= 15 is 0 Å². The number of hydrogen-bond acceptors (Lipinski definition) is 5. The molecule has 1 heterocycles. The monoisotopic (exact) mass is 341 g/mol. The highest BCUT2D eigenvalue weighted by Gasteiger charge is 2.24. The van der Waals surface area contributed by atoms with Crippen molar-refractivity contribution in [3.05, 3.63) is 65.1 Å². The lowest BCUT2D eigenvalue weighted by Gasteiger charge is -2.09. The minimum absolute atomic E-state index is 0.0775. The maximum Gasteiger partial charge on any atom is 0.363 e. The number of methoxy groups -OCH3 is 1. The normalized spacial score (nSPS) is 15.1. The van der Waals surface area contributed by atoms with Gasteiger partial charge in [0.15, 0.2) is 17.2 Å². The molecule has 0 aromatic heterocycles. The van der Waals surface area contributed by atoms with Crippen LogP contribution in [0.2, 0.25) is 0 Å². The number of ether oxygens (including phenoxy) is 3. The second-order valence-electron chi connectivity index (χ2n) is 5.19. The maximum atomic E-state index is 13.3. The van der Waals surface area contributed by atoms with E-state index in [9.17, 15) is 9.18 Å². The van der Waals surface area contributed by atoms with E-state index in [-0.39, 0.29) is 11.6 Å². The number of rotatable bonds is 5. The van der Waals surface area contributed by atoms with Gasteiger partial charge >= 0.3 is 5.97 Å². The summed E-state index contributed by atoms with van der Waals surface area (Å²) in [6.07, 6.45) is 1.58. The van der Waals surface area contributed by atoms with E-state index in [1.807, 2.05) is 6.92 Å². The Morgan fingerprint density at radius 1 is 1.20 bits per heavy atom. The van der Waals surface area contributed by atoms with Gasteiger partial charge in [0.05, 0.1) is 13.7 Å². The Morgan fingerprint density at radius 2 is 2.04 bits per heavy atom. The molecule has 0 spiro atoms. The van der Waals surface area contributed by atoms with Gasteiger partial charge in [0.2, 0.25) is 5.90 Å².